The average molecular weight is 405 g/mol. The van der Waals surface area contributed by atoms with Gasteiger partial charge in [0.25, 0.3) is 0 Å². The summed E-state index contributed by atoms with van der Waals surface area (Å²) in [5.41, 5.74) is -0.268. The lowest BCUT2D eigenvalue weighted by molar-refractivity contribution is -0.129. The Bertz CT molecular complexity index is 751. The smallest absolute Gasteiger partial charge is 0.410 e. The summed E-state index contributed by atoms with van der Waals surface area (Å²) < 4.78 is 16.7. The molecule has 0 bridgehead atoms. The van der Waals surface area contributed by atoms with Crippen molar-refractivity contribution in [1.82, 2.24) is 15.5 Å². The summed E-state index contributed by atoms with van der Waals surface area (Å²) in [5.74, 6) is 1.40. The van der Waals surface area contributed by atoms with Crippen LogP contribution in [0.4, 0.5) is 4.79 Å². The van der Waals surface area contributed by atoms with Gasteiger partial charge in [-0.1, -0.05) is 6.07 Å². The molecular formula is C21H31N3O5. The number of benzene rings is 1. The van der Waals surface area contributed by atoms with Crippen molar-refractivity contribution in [1.29, 1.82) is 0 Å². The van der Waals surface area contributed by atoms with E-state index in [4.69, 9.17) is 14.2 Å². The Morgan fingerprint density at radius 1 is 1.14 bits per heavy atom. The Morgan fingerprint density at radius 2 is 1.79 bits per heavy atom. The van der Waals surface area contributed by atoms with E-state index >= 15 is 0 Å². The topological polar surface area (TPSA) is 89.1 Å². The molecule has 2 heterocycles. The number of likely N-dealkylation sites (tertiary alicyclic amines) is 1. The van der Waals surface area contributed by atoms with Crippen LogP contribution in [0.2, 0.25) is 0 Å². The molecule has 2 aliphatic rings. The summed E-state index contributed by atoms with van der Waals surface area (Å²) in [6.45, 7) is 8.05. The Labute approximate surface area is 171 Å². The van der Waals surface area contributed by atoms with Gasteiger partial charge in [0, 0.05) is 26.7 Å². The highest BCUT2D eigenvalue weighted by Crippen LogP contribution is 2.31. The zero-order chi connectivity index (χ0) is 21.1. The van der Waals surface area contributed by atoms with Crippen LogP contribution in [0, 0.1) is 0 Å². The first-order valence-corrected chi connectivity index (χ1v) is 10.1. The molecule has 0 radical (unpaired) electrons. The van der Waals surface area contributed by atoms with Crippen LogP contribution in [-0.2, 0) is 16.1 Å². The molecule has 3 rings (SSSR count). The number of fused-ring (bicyclic) bond motifs is 1. The molecule has 1 saturated heterocycles. The molecule has 0 aromatic heterocycles. The van der Waals surface area contributed by atoms with Crippen LogP contribution in [0.15, 0.2) is 18.2 Å². The van der Waals surface area contributed by atoms with Gasteiger partial charge < -0.3 is 24.4 Å². The SMILES string of the molecule is CNC(=O)C1(NCc2ccc3c(c2)OCCO3)CCN(C(=O)OC(C)(C)C)CC1. The Morgan fingerprint density at radius 3 is 2.41 bits per heavy atom. The third kappa shape index (κ3) is 5.12. The molecule has 0 atom stereocenters. The molecule has 0 unspecified atom stereocenters. The lowest BCUT2D eigenvalue weighted by Gasteiger charge is -2.41. The second kappa shape index (κ2) is 8.49. The van der Waals surface area contributed by atoms with E-state index in [1.807, 2.05) is 39.0 Å². The first-order chi connectivity index (χ1) is 13.7. The van der Waals surface area contributed by atoms with E-state index in [9.17, 15) is 9.59 Å². The van der Waals surface area contributed by atoms with Gasteiger partial charge in [0.2, 0.25) is 5.91 Å². The van der Waals surface area contributed by atoms with Crippen molar-refractivity contribution in [3.63, 3.8) is 0 Å². The highest BCUT2D eigenvalue weighted by atomic mass is 16.6. The molecule has 2 N–H and O–H groups in total. The molecule has 0 aliphatic carbocycles. The number of carbonyl (C=O) groups is 2. The molecule has 2 aliphatic heterocycles. The second-order valence-electron chi connectivity index (χ2n) is 8.46. The summed E-state index contributed by atoms with van der Waals surface area (Å²) in [6.07, 6.45) is 0.683. The quantitative estimate of drug-likeness (QED) is 0.797. The summed E-state index contributed by atoms with van der Waals surface area (Å²) in [7, 11) is 1.63. The van der Waals surface area contributed by atoms with Gasteiger partial charge in [0.1, 0.15) is 24.4 Å². The van der Waals surface area contributed by atoms with Crippen LogP contribution in [0.3, 0.4) is 0 Å². The van der Waals surface area contributed by atoms with E-state index in [2.05, 4.69) is 10.6 Å². The molecule has 0 saturated carbocycles. The van der Waals surface area contributed by atoms with Crippen molar-refractivity contribution in [2.45, 2.75) is 51.3 Å². The van der Waals surface area contributed by atoms with E-state index in [-0.39, 0.29) is 12.0 Å². The van der Waals surface area contributed by atoms with Gasteiger partial charge >= 0.3 is 6.09 Å². The normalized spacial score (nSPS) is 18.1. The van der Waals surface area contributed by atoms with Crippen molar-refractivity contribution in [3.8, 4) is 11.5 Å². The number of hydrogen-bond donors (Lipinski definition) is 2. The number of likely N-dealkylation sites (N-methyl/N-ethyl adjacent to an activating group) is 1. The maximum atomic E-state index is 12.7. The molecule has 1 aromatic carbocycles. The third-order valence-corrected chi connectivity index (χ3v) is 5.17. The maximum Gasteiger partial charge on any atom is 0.410 e. The van der Waals surface area contributed by atoms with Gasteiger partial charge in [0.05, 0.1) is 0 Å². The molecule has 0 spiro atoms. The minimum absolute atomic E-state index is 0.0705. The Kier molecular flexibility index (Phi) is 6.21. The van der Waals surface area contributed by atoms with E-state index in [0.717, 1.165) is 17.1 Å². The largest absolute Gasteiger partial charge is 0.486 e. The van der Waals surface area contributed by atoms with Crippen LogP contribution < -0.4 is 20.1 Å². The first-order valence-electron chi connectivity index (χ1n) is 10.1. The van der Waals surface area contributed by atoms with Crippen molar-refractivity contribution >= 4 is 12.0 Å². The summed E-state index contributed by atoms with van der Waals surface area (Å²) >= 11 is 0. The van der Waals surface area contributed by atoms with Crippen LogP contribution in [0.5, 0.6) is 11.5 Å². The molecule has 8 heteroatoms. The van der Waals surface area contributed by atoms with Crippen molar-refractivity contribution in [3.05, 3.63) is 23.8 Å². The number of hydrogen-bond acceptors (Lipinski definition) is 6. The van der Waals surface area contributed by atoms with Crippen LogP contribution >= 0.6 is 0 Å². The zero-order valence-electron chi connectivity index (χ0n) is 17.7. The fourth-order valence-corrected chi connectivity index (χ4v) is 3.59. The molecule has 2 amide bonds. The summed E-state index contributed by atoms with van der Waals surface area (Å²) in [4.78, 5) is 26.7. The van der Waals surface area contributed by atoms with Crippen molar-refractivity contribution < 1.29 is 23.8 Å². The number of amides is 2. The van der Waals surface area contributed by atoms with Gasteiger partial charge in [-0.15, -0.1) is 0 Å². The van der Waals surface area contributed by atoms with E-state index < -0.39 is 11.1 Å². The molecule has 8 nitrogen and oxygen atoms in total. The number of nitrogens with one attached hydrogen (secondary N) is 2. The van der Waals surface area contributed by atoms with E-state index in [1.165, 1.54) is 0 Å². The zero-order valence-corrected chi connectivity index (χ0v) is 17.7. The number of piperidine rings is 1. The lowest BCUT2D eigenvalue weighted by Crippen LogP contribution is -2.61. The van der Waals surface area contributed by atoms with Gasteiger partial charge in [-0.05, 0) is 51.3 Å². The molecular weight excluding hydrogens is 374 g/mol. The Balaban J connectivity index is 1.64. The molecule has 1 fully saturated rings. The fraction of sp³-hybridized carbons (Fsp3) is 0.619. The molecule has 160 valence electrons. The van der Waals surface area contributed by atoms with E-state index in [0.29, 0.717) is 45.7 Å². The molecule has 1 aromatic rings. The van der Waals surface area contributed by atoms with Gasteiger partial charge in [-0.2, -0.15) is 0 Å². The minimum Gasteiger partial charge on any atom is -0.486 e. The van der Waals surface area contributed by atoms with Crippen LogP contribution in [-0.4, -0.2) is 61.4 Å². The van der Waals surface area contributed by atoms with Crippen LogP contribution in [0.1, 0.15) is 39.2 Å². The average Bonchev–Trinajstić information content (AvgIpc) is 2.70. The predicted molar refractivity (Wildman–Crippen MR) is 108 cm³/mol. The lowest BCUT2D eigenvalue weighted by atomic mass is 9.86. The summed E-state index contributed by atoms with van der Waals surface area (Å²) in [5, 5.41) is 6.19. The van der Waals surface area contributed by atoms with Gasteiger partial charge in [0.15, 0.2) is 11.5 Å². The fourth-order valence-electron chi connectivity index (χ4n) is 3.59. The standard InChI is InChI=1S/C21H31N3O5/c1-20(2,3)29-19(26)24-9-7-21(8-10-24,18(25)22-4)23-14-15-5-6-16-17(13-15)28-12-11-27-16/h5-6,13,23H,7-12,14H2,1-4H3,(H,22,25). The number of ether oxygens (including phenoxy) is 3. The van der Waals surface area contributed by atoms with Crippen LogP contribution in [0.25, 0.3) is 0 Å². The van der Waals surface area contributed by atoms with Crippen molar-refractivity contribution in [2.24, 2.45) is 0 Å². The number of rotatable bonds is 4. The van der Waals surface area contributed by atoms with Crippen molar-refractivity contribution in [2.75, 3.05) is 33.4 Å². The van der Waals surface area contributed by atoms with Gasteiger partial charge in [-0.3, -0.25) is 10.1 Å². The monoisotopic (exact) mass is 405 g/mol. The number of carbonyl (C=O) groups excluding carboxylic acids is 2. The summed E-state index contributed by atoms with van der Waals surface area (Å²) in [6, 6.07) is 5.80. The van der Waals surface area contributed by atoms with E-state index in [1.54, 1.807) is 11.9 Å². The van der Waals surface area contributed by atoms with Gasteiger partial charge in [-0.25, -0.2) is 4.79 Å². The maximum absolute atomic E-state index is 12.7. The third-order valence-electron chi connectivity index (χ3n) is 5.17. The number of nitrogens with zero attached hydrogens (tertiary/aromatic N) is 1. The second-order valence-corrected chi connectivity index (χ2v) is 8.46. The highest BCUT2D eigenvalue weighted by molar-refractivity contribution is 5.86. The first kappa shape index (κ1) is 21.2. The minimum atomic E-state index is -0.736. The predicted octanol–water partition coefficient (Wildman–Crippen LogP) is 2.06. The molecule has 29 heavy (non-hydrogen) atoms. The highest BCUT2D eigenvalue weighted by Gasteiger charge is 2.42. The Hall–Kier alpha value is -2.48.